The van der Waals surface area contributed by atoms with E-state index in [4.69, 9.17) is 4.52 Å². The van der Waals surface area contributed by atoms with E-state index >= 15 is 0 Å². The number of aryl methyl sites for hydroxylation is 1. The number of nitrogens with zero attached hydrogens (tertiary/aromatic N) is 2. The van der Waals surface area contributed by atoms with Crippen LogP contribution >= 0.6 is 0 Å². The van der Waals surface area contributed by atoms with Crippen LogP contribution in [0, 0.1) is 12.7 Å². The van der Waals surface area contributed by atoms with E-state index in [9.17, 15) is 4.39 Å². The van der Waals surface area contributed by atoms with Gasteiger partial charge in [-0.15, -0.1) is 0 Å². The number of hydrogen-bond donors (Lipinski definition) is 1. The van der Waals surface area contributed by atoms with Crippen LogP contribution in [0.15, 0.2) is 28.8 Å². The van der Waals surface area contributed by atoms with E-state index in [-0.39, 0.29) is 5.82 Å². The Kier molecular flexibility index (Phi) is 3.82. The van der Waals surface area contributed by atoms with Gasteiger partial charge in [-0.05, 0) is 24.6 Å². The maximum Gasteiger partial charge on any atom is 0.227 e. The van der Waals surface area contributed by atoms with E-state index in [1.165, 1.54) is 12.1 Å². The van der Waals surface area contributed by atoms with Gasteiger partial charge in [0.15, 0.2) is 5.82 Å². The molecule has 5 heteroatoms. The highest BCUT2D eigenvalue weighted by Crippen LogP contribution is 2.02. The van der Waals surface area contributed by atoms with Gasteiger partial charge in [-0.1, -0.05) is 17.3 Å². The summed E-state index contributed by atoms with van der Waals surface area (Å²) in [6.07, 6.45) is 0.696. The number of aromatic nitrogens is 2. The van der Waals surface area contributed by atoms with Crippen molar-refractivity contribution in [1.82, 2.24) is 15.5 Å². The summed E-state index contributed by atoms with van der Waals surface area (Å²) < 4.78 is 17.6. The molecule has 2 rings (SSSR count). The molecule has 90 valence electrons. The monoisotopic (exact) mass is 235 g/mol. The second-order valence-electron chi connectivity index (χ2n) is 3.79. The quantitative estimate of drug-likeness (QED) is 0.803. The Hall–Kier alpha value is -1.75. The fraction of sp³-hybridized carbons (Fsp3) is 0.333. The van der Waals surface area contributed by atoms with Crippen molar-refractivity contribution in [3.05, 3.63) is 47.4 Å². The van der Waals surface area contributed by atoms with Gasteiger partial charge in [-0.3, -0.25) is 0 Å². The maximum absolute atomic E-state index is 12.7. The van der Waals surface area contributed by atoms with E-state index in [0.717, 1.165) is 12.1 Å². The van der Waals surface area contributed by atoms with Crippen molar-refractivity contribution >= 4 is 0 Å². The van der Waals surface area contributed by atoms with Crippen LogP contribution in [-0.2, 0) is 13.0 Å². The average Bonchev–Trinajstić information content (AvgIpc) is 2.73. The predicted octanol–water partition coefficient (Wildman–Crippen LogP) is 1.85. The van der Waals surface area contributed by atoms with Crippen molar-refractivity contribution in [2.24, 2.45) is 0 Å². The molecule has 0 spiro atoms. The fourth-order valence-corrected chi connectivity index (χ4v) is 1.47. The number of hydrogen-bond acceptors (Lipinski definition) is 4. The Morgan fingerprint density at radius 1 is 1.29 bits per heavy atom. The van der Waals surface area contributed by atoms with Crippen LogP contribution in [-0.4, -0.2) is 16.7 Å². The largest absolute Gasteiger partial charge is 0.339 e. The topological polar surface area (TPSA) is 51.0 Å². The third-order valence-corrected chi connectivity index (χ3v) is 2.33. The number of halogens is 1. The van der Waals surface area contributed by atoms with Crippen LogP contribution < -0.4 is 5.32 Å². The first-order chi connectivity index (χ1) is 8.24. The van der Waals surface area contributed by atoms with Gasteiger partial charge in [0.1, 0.15) is 5.82 Å². The summed E-state index contributed by atoms with van der Waals surface area (Å²) in [6.45, 7) is 3.24. The molecule has 1 heterocycles. The second kappa shape index (κ2) is 5.54. The molecule has 0 aliphatic rings. The SMILES string of the molecule is Cc1noc(CCNCc2ccc(F)cc2)n1. The molecule has 4 nitrogen and oxygen atoms in total. The lowest BCUT2D eigenvalue weighted by molar-refractivity contribution is 0.372. The van der Waals surface area contributed by atoms with Crippen molar-refractivity contribution in [2.75, 3.05) is 6.54 Å². The van der Waals surface area contributed by atoms with Crippen molar-refractivity contribution in [3.63, 3.8) is 0 Å². The van der Waals surface area contributed by atoms with Crippen molar-refractivity contribution in [3.8, 4) is 0 Å². The minimum atomic E-state index is -0.213. The third kappa shape index (κ3) is 3.64. The smallest absolute Gasteiger partial charge is 0.227 e. The number of benzene rings is 1. The zero-order valence-electron chi connectivity index (χ0n) is 9.61. The summed E-state index contributed by atoms with van der Waals surface area (Å²) in [7, 11) is 0. The highest BCUT2D eigenvalue weighted by Gasteiger charge is 2.01. The van der Waals surface area contributed by atoms with E-state index in [0.29, 0.717) is 24.7 Å². The molecule has 0 atom stereocenters. The summed E-state index contributed by atoms with van der Waals surface area (Å²) in [5.41, 5.74) is 1.05. The zero-order chi connectivity index (χ0) is 12.1. The van der Waals surface area contributed by atoms with Crippen LogP contribution in [0.5, 0.6) is 0 Å². The fourth-order valence-electron chi connectivity index (χ4n) is 1.47. The molecule has 0 bridgehead atoms. The van der Waals surface area contributed by atoms with E-state index in [2.05, 4.69) is 15.5 Å². The lowest BCUT2D eigenvalue weighted by Gasteiger charge is -2.02. The van der Waals surface area contributed by atoms with Gasteiger partial charge in [0, 0.05) is 19.5 Å². The van der Waals surface area contributed by atoms with Crippen LogP contribution in [0.4, 0.5) is 4.39 Å². The molecule has 1 aromatic heterocycles. The third-order valence-electron chi connectivity index (χ3n) is 2.33. The van der Waals surface area contributed by atoms with Crippen molar-refractivity contribution < 1.29 is 8.91 Å². The first kappa shape index (κ1) is 11.7. The van der Waals surface area contributed by atoms with Crippen molar-refractivity contribution in [1.29, 1.82) is 0 Å². The predicted molar refractivity (Wildman–Crippen MR) is 60.8 cm³/mol. The zero-order valence-corrected chi connectivity index (χ0v) is 9.61. The van der Waals surface area contributed by atoms with Crippen LogP contribution in [0.25, 0.3) is 0 Å². The summed E-state index contributed by atoms with van der Waals surface area (Å²) in [5.74, 6) is 1.07. The standard InChI is InChI=1S/C12H14FN3O/c1-9-15-12(17-16-9)6-7-14-8-10-2-4-11(13)5-3-10/h2-5,14H,6-8H2,1H3. The number of rotatable bonds is 5. The molecule has 0 saturated carbocycles. The number of nitrogens with one attached hydrogen (secondary N) is 1. The Morgan fingerprint density at radius 3 is 2.71 bits per heavy atom. The normalized spacial score (nSPS) is 10.7. The molecule has 1 aromatic carbocycles. The van der Waals surface area contributed by atoms with Gasteiger partial charge < -0.3 is 9.84 Å². The molecule has 0 aliphatic carbocycles. The molecule has 1 N–H and O–H groups in total. The van der Waals surface area contributed by atoms with E-state index in [1.807, 2.05) is 0 Å². The molecule has 0 unspecified atom stereocenters. The molecule has 17 heavy (non-hydrogen) atoms. The first-order valence-corrected chi connectivity index (χ1v) is 5.48. The summed E-state index contributed by atoms with van der Waals surface area (Å²) in [4.78, 5) is 4.10. The van der Waals surface area contributed by atoms with Gasteiger partial charge in [0.2, 0.25) is 5.89 Å². The highest BCUT2D eigenvalue weighted by molar-refractivity contribution is 5.15. The molecule has 0 aliphatic heterocycles. The minimum Gasteiger partial charge on any atom is -0.339 e. The Bertz CT molecular complexity index is 467. The summed E-state index contributed by atoms with van der Waals surface area (Å²) >= 11 is 0. The van der Waals surface area contributed by atoms with Gasteiger partial charge in [-0.25, -0.2) is 4.39 Å². The Labute approximate surface area is 98.8 Å². The molecule has 0 amide bonds. The lowest BCUT2D eigenvalue weighted by atomic mass is 10.2. The molecule has 2 aromatic rings. The maximum atomic E-state index is 12.7. The Morgan fingerprint density at radius 2 is 2.06 bits per heavy atom. The van der Waals surface area contributed by atoms with Crippen LogP contribution in [0.3, 0.4) is 0 Å². The molecule has 0 fully saturated rings. The first-order valence-electron chi connectivity index (χ1n) is 5.48. The van der Waals surface area contributed by atoms with E-state index < -0.39 is 0 Å². The lowest BCUT2D eigenvalue weighted by Crippen LogP contribution is -2.16. The van der Waals surface area contributed by atoms with Gasteiger partial charge in [0.05, 0.1) is 0 Å². The summed E-state index contributed by atoms with van der Waals surface area (Å²) in [6, 6.07) is 6.44. The summed E-state index contributed by atoms with van der Waals surface area (Å²) in [5, 5.41) is 6.94. The van der Waals surface area contributed by atoms with E-state index in [1.54, 1.807) is 19.1 Å². The minimum absolute atomic E-state index is 0.213. The van der Waals surface area contributed by atoms with Crippen LogP contribution in [0.2, 0.25) is 0 Å². The Balaban J connectivity index is 1.71. The van der Waals surface area contributed by atoms with Crippen LogP contribution in [0.1, 0.15) is 17.3 Å². The average molecular weight is 235 g/mol. The second-order valence-corrected chi connectivity index (χ2v) is 3.79. The highest BCUT2D eigenvalue weighted by atomic mass is 19.1. The van der Waals surface area contributed by atoms with Gasteiger partial charge >= 0.3 is 0 Å². The van der Waals surface area contributed by atoms with Gasteiger partial charge in [0.25, 0.3) is 0 Å². The molecular weight excluding hydrogens is 221 g/mol. The van der Waals surface area contributed by atoms with Gasteiger partial charge in [-0.2, -0.15) is 4.98 Å². The molecule has 0 saturated heterocycles. The van der Waals surface area contributed by atoms with Crippen molar-refractivity contribution in [2.45, 2.75) is 19.9 Å². The molecule has 0 radical (unpaired) electrons. The molecular formula is C12H14FN3O.